The van der Waals surface area contributed by atoms with Crippen molar-refractivity contribution in [3.63, 3.8) is 0 Å². The highest BCUT2D eigenvalue weighted by molar-refractivity contribution is 6.35. The van der Waals surface area contributed by atoms with Crippen molar-refractivity contribution in [3.05, 3.63) is 69.9 Å². The lowest BCUT2D eigenvalue weighted by atomic mass is 9.78. The van der Waals surface area contributed by atoms with Crippen LogP contribution < -0.4 is 0 Å². The molecular formula is C19H19Cl2NO2. The quantitative estimate of drug-likeness (QED) is 0.712. The van der Waals surface area contributed by atoms with Gasteiger partial charge in [0.1, 0.15) is 17.4 Å². The van der Waals surface area contributed by atoms with Gasteiger partial charge in [-0.05, 0) is 37.1 Å². The summed E-state index contributed by atoms with van der Waals surface area (Å²) >= 11 is 12.7. The molecule has 2 aliphatic heterocycles. The minimum absolute atomic E-state index is 0.220. The number of rotatable bonds is 2. The minimum Gasteiger partial charge on any atom is -0.467 e. The number of hydrogen-bond donors (Lipinski definition) is 0. The van der Waals surface area contributed by atoms with E-state index in [1.165, 1.54) is 0 Å². The van der Waals surface area contributed by atoms with Crippen molar-refractivity contribution in [2.45, 2.75) is 31.3 Å². The molecule has 3 aliphatic rings. The van der Waals surface area contributed by atoms with Gasteiger partial charge in [0.05, 0.1) is 0 Å². The predicted octanol–water partition coefficient (Wildman–Crippen LogP) is 4.67. The maximum Gasteiger partial charge on any atom is 0.197 e. The Morgan fingerprint density at radius 2 is 2.12 bits per heavy atom. The van der Waals surface area contributed by atoms with Gasteiger partial charge in [-0.3, -0.25) is 4.90 Å². The molecule has 0 spiro atoms. The standard InChI is InChI=1S/C19H19Cl2NO2/c1-13-23-17-6-5-9-19(18(17)24-13,22-10-3-2-4-11-22)15-8-7-14(20)12-16(15)21/h2-3,5-9,12-13,18H,4,10-11H2,1H3. The van der Waals surface area contributed by atoms with E-state index in [-0.39, 0.29) is 12.4 Å². The molecule has 3 nitrogen and oxygen atoms in total. The van der Waals surface area contributed by atoms with Crippen LogP contribution in [0.5, 0.6) is 0 Å². The normalized spacial score (nSPS) is 32.4. The Morgan fingerprint density at radius 3 is 2.88 bits per heavy atom. The van der Waals surface area contributed by atoms with E-state index in [1.54, 1.807) is 6.07 Å². The molecule has 0 radical (unpaired) electrons. The van der Waals surface area contributed by atoms with E-state index in [4.69, 9.17) is 32.7 Å². The summed E-state index contributed by atoms with van der Waals surface area (Å²) < 4.78 is 12.0. The largest absolute Gasteiger partial charge is 0.467 e. The van der Waals surface area contributed by atoms with Crippen LogP contribution in [0.15, 0.2) is 54.3 Å². The van der Waals surface area contributed by atoms with Gasteiger partial charge < -0.3 is 9.47 Å². The van der Waals surface area contributed by atoms with Gasteiger partial charge in [0, 0.05) is 23.1 Å². The molecule has 1 fully saturated rings. The molecule has 1 saturated heterocycles. The van der Waals surface area contributed by atoms with Gasteiger partial charge >= 0.3 is 0 Å². The molecule has 0 aromatic heterocycles. The fraction of sp³-hybridized carbons (Fsp3) is 0.368. The fourth-order valence-electron chi connectivity index (χ4n) is 3.83. The van der Waals surface area contributed by atoms with Crippen LogP contribution in [0.3, 0.4) is 0 Å². The zero-order valence-electron chi connectivity index (χ0n) is 13.4. The van der Waals surface area contributed by atoms with Gasteiger partial charge in [0.15, 0.2) is 6.29 Å². The van der Waals surface area contributed by atoms with Gasteiger partial charge in [0.2, 0.25) is 0 Å². The Kier molecular flexibility index (Phi) is 4.21. The first-order valence-corrected chi connectivity index (χ1v) is 8.94. The van der Waals surface area contributed by atoms with Crippen LogP contribution in [0.1, 0.15) is 18.9 Å². The highest BCUT2D eigenvalue weighted by Gasteiger charge is 2.52. The van der Waals surface area contributed by atoms with Crippen LogP contribution in [0, 0.1) is 0 Å². The van der Waals surface area contributed by atoms with Gasteiger partial charge in [0.25, 0.3) is 0 Å². The Bertz CT molecular complexity index is 743. The number of hydrogen-bond acceptors (Lipinski definition) is 3. The van der Waals surface area contributed by atoms with Gasteiger partial charge in [-0.25, -0.2) is 0 Å². The first-order valence-electron chi connectivity index (χ1n) is 8.18. The third-order valence-electron chi connectivity index (χ3n) is 4.84. The van der Waals surface area contributed by atoms with Crippen LogP contribution in [0.25, 0.3) is 0 Å². The highest BCUT2D eigenvalue weighted by atomic mass is 35.5. The molecule has 2 heterocycles. The smallest absolute Gasteiger partial charge is 0.197 e. The molecule has 3 unspecified atom stereocenters. The summed E-state index contributed by atoms with van der Waals surface area (Å²) in [5.74, 6) is 0.852. The zero-order valence-corrected chi connectivity index (χ0v) is 14.9. The van der Waals surface area contributed by atoms with E-state index in [2.05, 4.69) is 23.1 Å². The van der Waals surface area contributed by atoms with E-state index in [9.17, 15) is 0 Å². The summed E-state index contributed by atoms with van der Waals surface area (Å²) in [6, 6.07) is 5.68. The van der Waals surface area contributed by atoms with Gasteiger partial charge in [-0.2, -0.15) is 0 Å². The molecule has 1 aromatic carbocycles. The molecule has 4 rings (SSSR count). The van der Waals surface area contributed by atoms with Crippen molar-refractivity contribution in [1.29, 1.82) is 0 Å². The van der Waals surface area contributed by atoms with E-state index < -0.39 is 5.54 Å². The SMILES string of the molecule is CC1OC2=CC=CC(c3ccc(Cl)cc3Cl)(N3CC=CCC3)C2O1. The molecule has 3 atom stereocenters. The molecule has 24 heavy (non-hydrogen) atoms. The molecule has 1 aromatic rings. The lowest BCUT2D eigenvalue weighted by molar-refractivity contribution is -0.0754. The number of fused-ring (bicyclic) bond motifs is 1. The van der Waals surface area contributed by atoms with E-state index in [0.717, 1.165) is 30.8 Å². The second-order valence-corrected chi connectivity index (χ2v) is 7.13. The van der Waals surface area contributed by atoms with E-state index in [1.807, 2.05) is 31.2 Å². The topological polar surface area (TPSA) is 21.7 Å². The maximum atomic E-state index is 6.62. The lowest BCUT2D eigenvalue weighted by Crippen LogP contribution is -2.55. The summed E-state index contributed by atoms with van der Waals surface area (Å²) in [7, 11) is 0. The molecular weight excluding hydrogens is 345 g/mol. The third kappa shape index (κ3) is 2.51. The van der Waals surface area contributed by atoms with Crippen LogP contribution in [0.4, 0.5) is 0 Å². The summed E-state index contributed by atoms with van der Waals surface area (Å²) in [5, 5.41) is 1.27. The Balaban J connectivity index is 1.88. The Hall–Kier alpha value is -1.26. The zero-order chi connectivity index (χ0) is 16.7. The summed E-state index contributed by atoms with van der Waals surface area (Å²) in [6.45, 7) is 3.69. The van der Waals surface area contributed by atoms with Crippen LogP contribution in [0.2, 0.25) is 10.0 Å². The molecule has 5 heteroatoms. The van der Waals surface area contributed by atoms with Gasteiger partial charge in [-0.1, -0.05) is 53.6 Å². The van der Waals surface area contributed by atoms with Crippen molar-refractivity contribution in [2.75, 3.05) is 13.1 Å². The van der Waals surface area contributed by atoms with Crippen LogP contribution in [-0.2, 0) is 15.0 Å². The molecule has 0 bridgehead atoms. The molecule has 0 saturated carbocycles. The predicted molar refractivity (Wildman–Crippen MR) is 96.1 cm³/mol. The van der Waals surface area contributed by atoms with E-state index >= 15 is 0 Å². The monoisotopic (exact) mass is 363 g/mol. The minimum atomic E-state index is -0.499. The summed E-state index contributed by atoms with van der Waals surface area (Å²) in [4.78, 5) is 2.40. The molecule has 1 aliphatic carbocycles. The number of benzene rings is 1. The van der Waals surface area contributed by atoms with E-state index in [0.29, 0.717) is 10.0 Å². The first kappa shape index (κ1) is 16.2. The Labute approximate surface area is 152 Å². The van der Waals surface area contributed by atoms with Crippen molar-refractivity contribution >= 4 is 23.2 Å². The lowest BCUT2D eigenvalue weighted by Gasteiger charge is -2.47. The number of ether oxygens (including phenoxy) is 2. The highest BCUT2D eigenvalue weighted by Crippen LogP contribution is 2.47. The van der Waals surface area contributed by atoms with Crippen molar-refractivity contribution < 1.29 is 9.47 Å². The Morgan fingerprint density at radius 1 is 1.25 bits per heavy atom. The third-order valence-corrected chi connectivity index (χ3v) is 5.39. The van der Waals surface area contributed by atoms with Crippen molar-refractivity contribution in [2.24, 2.45) is 0 Å². The van der Waals surface area contributed by atoms with Gasteiger partial charge in [-0.15, -0.1) is 0 Å². The maximum absolute atomic E-state index is 6.62. The average Bonchev–Trinajstić information content (AvgIpc) is 2.96. The summed E-state index contributed by atoms with van der Waals surface area (Å²) in [5.41, 5.74) is 0.495. The second-order valence-electron chi connectivity index (χ2n) is 6.29. The molecule has 126 valence electrons. The fourth-order valence-corrected chi connectivity index (χ4v) is 4.39. The number of halogens is 2. The average molecular weight is 364 g/mol. The van der Waals surface area contributed by atoms with Crippen molar-refractivity contribution in [1.82, 2.24) is 4.90 Å². The number of nitrogens with zero attached hydrogens (tertiary/aromatic N) is 1. The first-order chi connectivity index (χ1) is 11.6. The molecule has 0 amide bonds. The molecule has 0 N–H and O–H groups in total. The van der Waals surface area contributed by atoms with Crippen LogP contribution >= 0.6 is 23.2 Å². The van der Waals surface area contributed by atoms with Crippen molar-refractivity contribution in [3.8, 4) is 0 Å². The number of allylic oxidation sites excluding steroid dienone is 2. The second kappa shape index (κ2) is 6.23. The van der Waals surface area contributed by atoms with Crippen LogP contribution in [-0.4, -0.2) is 30.4 Å². The summed E-state index contributed by atoms with van der Waals surface area (Å²) in [6.07, 6.45) is 11.1.